The minimum Gasteiger partial charge on any atom is -0.370 e. The third kappa shape index (κ3) is 5.14. The van der Waals surface area contributed by atoms with E-state index in [0.717, 1.165) is 37.9 Å². The van der Waals surface area contributed by atoms with Crippen molar-refractivity contribution in [2.45, 2.75) is 50.7 Å². The Kier molecular flexibility index (Phi) is 6.41. The standard InChI is InChI=1S/C19H25F3N4O2/c20-19(21,22)14-6-7-16(25-11-14)23-8-3-9-24-18(28)13-10-17(27)26(12-13)15-4-1-2-5-15/h6-7,11,13,15H,1-5,8-10,12H2,(H,23,25)(H,24,28). The Morgan fingerprint density at radius 1 is 1.21 bits per heavy atom. The minimum atomic E-state index is -4.40. The van der Waals surface area contributed by atoms with Gasteiger partial charge in [-0.25, -0.2) is 4.98 Å². The number of hydrogen-bond acceptors (Lipinski definition) is 4. The summed E-state index contributed by atoms with van der Waals surface area (Å²) in [5.41, 5.74) is -0.789. The summed E-state index contributed by atoms with van der Waals surface area (Å²) < 4.78 is 37.5. The van der Waals surface area contributed by atoms with E-state index in [0.29, 0.717) is 37.9 Å². The first-order chi connectivity index (χ1) is 13.3. The van der Waals surface area contributed by atoms with Crippen molar-refractivity contribution in [2.75, 3.05) is 25.0 Å². The van der Waals surface area contributed by atoms with Crippen LogP contribution in [0.3, 0.4) is 0 Å². The SMILES string of the molecule is O=C(NCCCNc1ccc(C(F)(F)F)cn1)C1CC(=O)N(C2CCCC2)C1. The number of hydrogen-bond donors (Lipinski definition) is 2. The highest BCUT2D eigenvalue weighted by atomic mass is 19.4. The number of carbonyl (C=O) groups is 2. The number of amides is 2. The summed E-state index contributed by atoms with van der Waals surface area (Å²) in [6.07, 6.45) is 1.62. The molecule has 0 spiro atoms. The highest BCUT2D eigenvalue weighted by molar-refractivity contribution is 5.89. The Hall–Kier alpha value is -2.32. The fourth-order valence-corrected chi connectivity index (χ4v) is 3.80. The number of nitrogens with one attached hydrogen (secondary N) is 2. The Labute approximate surface area is 161 Å². The molecule has 1 saturated heterocycles. The fourth-order valence-electron chi connectivity index (χ4n) is 3.80. The van der Waals surface area contributed by atoms with Crippen molar-refractivity contribution in [2.24, 2.45) is 5.92 Å². The monoisotopic (exact) mass is 398 g/mol. The van der Waals surface area contributed by atoms with Crippen LogP contribution < -0.4 is 10.6 Å². The van der Waals surface area contributed by atoms with Crippen molar-refractivity contribution in [3.05, 3.63) is 23.9 Å². The molecule has 9 heteroatoms. The van der Waals surface area contributed by atoms with Gasteiger partial charge in [-0.3, -0.25) is 9.59 Å². The summed E-state index contributed by atoms with van der Waals surface area (Å²) in [6.45, 7) is 1.40. The lowest BCUT2D eigenvalue weighted by Gasteiger charge is -2.23. The van der Waals surface area contributed by atoms with E-state index in [1.807, 2.05) is 4.90 Å². The zero-order chi connectivity index (χ0) is 20.1. The highest BCUT2D eigenvalue weighted by Gasteiger charge is 2.38. The molecule has 0 aromatic carbocycles. The Bertz CT molecular complexity index is 687. The zero-order valence-corrected chi connectivity index (χ0v) is 15.6. The number of alkyl halides is 3. The number of aromatic nitrogens is 1. The number of rotatable bonds is 7. The molecule has 0 bridgehead atoms. The molecule has 2 aliphatic rings. The lowest BCUT2D eigenvalue weighted by molar-refractivity contribution is -0.137. The zero-order valence-electron chi connectivity index (χ0n) is 15.6. The molecule has 2 N–H and O–H groups in total. The summed E-state index contributed by atoms with van der Waals surface area (Å²) in [5.74, 6) is 0.0224. The van der Waals surface area contributed by atoms with E-state index >= 15 is 0 Å². The van der Waals surface area contributed by atoms with E-state index in [2.05, 4.69) is 15.6 Å². The predicted molar refractivity (Wildman–Crippen MR) is 97.4 cm³/mol. The van der Waals surface area contributed by atoms with Crippen molar-refractivity contribution >= 4 is 17.6 Å². The minimum absolute atomic E-state index is 0.0714. The molecule has 1 saturated carbocycles. The van der Waals surface area contributed by atoms with Gasteiger partial charge < -0.3 is 15.5 Å². The summed E-state index contributed by atoms with van der Waals surface area (Å²) in [7, 11) is 0. The number of pyridine rings is 1. The molecule has 1 aromatic heterocycles. The van der Waals surface area contributed by atoms with Gasteiger partial charge in [0.25, 0.3) is 0 Å². The van der Waals surface area contributed by atoms with Gasteiger partial charge in [0.15, 0.2) is 0 Å². The first-order valence-corrected chi connectivity index (χ1v) is 9.69. The van der Waals surface area contributed by atoms with Gasteiger partial charge in [0.05, 0.1) is 11.5 Å². The molecule has 154 valence electrons. The quantitative estimate of drug-likeness (QED) is 0.693. The van der Waals surface area contributed by atoms with Crippen LogP contribution in [0, 0.1) is 5.92 Å². The molecule has 6 nitrogen and oxygen atoms in total. The van der Waals surface area contributed by atoms with Crippen molar-refractivity contribution in [3.63, 3.8) is 0 Å². The molecule has 1 aliphatic heterocycles. The van der Waals surface area contributed by atoms with Gasteiger partial charge in [-0.05, 0) is 31.4 Å². The normalized spacial score (nSPS) is 20.6. The van der Waals surface area contributed by atoms with Crippen LogP contribution >= 0.6 is 0 Å². The molecular formula is C19H25F3N4O2. The second kappa shape index (κ2) is 8.79. The van der Waals surface area contributed by atoms with E-state index in [4.69, 9.17) is 0 Å². The lowest BCUT2D eigenvalue weighted by atomic mass is 10.1. The molecule has 3 rings (SSSR count). The first kappa shape index (κ1) is 20.4. The lowest BCUT2D eigenvalue weighted by Crippen LogP contribution is -2.37. The van der Waals surface area contributed by atoms with Crippen LogP contribution in [0.2, 0.25) is 0 Å². The van der Waals surface area contributed by atoms with Gasteiger partial charge in [0.2, 0.25) is 11.8 Å². The van der Waals surface area contributed by atoms with Crippen LogP contribution in [0.1, 0.15) is 44.1 Å². The van der Waals surface area contributed by atoms with E-state index in [9.17, 15) is 22.8 Å². The molecular weight excluding hydrogens is 373 g/mol. The molecule has 2 amide bonds. The fraction of sp³-hybridized carbons (Fsp3) is 0.632. The molecule has 2 heterocycles. The number of nitrogens with zero attached hydrogens (tertiary/aromatic N) is 2. The largest absolute Gasteiger partial charge is 0.417 e. The molecule has 1 aliphatic carbocycles. The smallest absolute Gasteiger partial charge is 0.370 e. The van der Waals surface area contributed by atoms with Crippen molar-refractivity contribution in [1.29, 1.82) is 0 Å². The van der Waals surface area contributed by atoms with Crippen LogP contribution in [0.15, 0.2) is 18.3 Å². The van der Waals surface area contributed by atoms with Crippen molar-refractivity contribution in [1.82, 2.24) is 15.2 Å². The van der Waals surface area contributed by atoms with E-state index in [-0.39, 0.29) is 24.2 Å². The Morgan fingerprint density at radius 2 is 1.96 bits per heavy atom. The van der Waals surface area contributed by atoms with Gasteiger partial charge in [-0.15, -0.1) is 0 Å². The maximum atomic E-state index is 12.5. The van der Waals surface area contributed by atoms with Gasteiger partial charge in [0.1, 0.15) is 5.82 Å². The highest BCUT2D eigenvalue weighted by Crippen LogP contribution is 2.30. The third-order valence-corrected chi connectivity index (χ3v) is 5.34. The van der Waals surface area contributed by atoms with Crippen molar-refractivity contribution in [3.8, 4) is 0 Å². The maximum absolute atomic E-state index is 12.5. The van der Waals surface area contributed by atoms with E-state index in [1.54, 1.807) is 0 Å². The number of likely N-dealkylation sites (tertiary alicyclic amines) is 1. The second-order valence-corrected chi connectivity index (χ2v) is 7.39. The average molecular weight is 398 g/mol. The van der Waals surface area contributed by atoms with Gasteiger partial charge in [-0.1, -0.05) is 12.8 Å². The molecule has 28 heavy (non-hydrogen) atoms. The van der Waals surface area contributed by atoms with E-state index in [1.165, 1.54) is 6.07 Å². The molecule has 1 atom stereocenters. The number of anilines is 1. The van der Waals surface area contributed by atoms with E-state index < -0.39 is 11.7 Å². The van der Waals surface area contributed by atoms with Crippen molar-refractivity contribution < 1.29 is 22.8 Å². The first-order valence-electron chi connectivity index (χ1n) is 9.69. The molecule has 2 fully saturated rings. The summed E-state index contributed by atoms with van der Waals surface area (Å²) in [5, 5.41) is 5.77. The summed E-state index contributed by atoms with van der Waals surface area (Å²) >= 11 is 0. The van der Waals surface area contributed by atoms with Crippen LogP contribution in [-0.2, 0) is 15.8 Å². The molecule has 0 radical (unpaired) electrons. The summed E-state index contributed by atoms with van der Waals surface area (Å²) in [6, 6.07) is 2.55. The Balaban J connectivity index is 1.34. The van der Waals surface area contributed by atoms with Gasteiger partial charge >= 0.3 is 6.18 Å². The van der Waals surface area contributed by atoms with Crippen LogP contribution in [0.5, 0.6) is 0 Å². The summed E-state index contributed by atoms with van der Waals surface area (Å²) in [4.78, 5) is 30.0. The number of carbonyl (C=O) groups excluding carboxylic acids is 2. The average Bonchev–Trinajstić information content (AvgIpc) is 3.30. The van der Waals surface area contributed by atoms with Crippen LogP contribution in [0.25, 0.3) is 0 Å². The van der Waals surface area contributed by atoms with Crippen LogP contribution in [-0.4, -0.2) is 47.4 Å². The third-order valence-electron chi connectivity index (χ3n) is 5.34. The molecule has 1 aromatic rings. The number of halogens is 3. The molecule has 1 unspecified atom stereocenters. The van der Waals surface area contributed by atoms with Crippen LogP contribution in [0.4, 0.5) is 19.0 Å². The topological polar surface area (TPSA) is 74.3 Å². The Morgan fingerprint density at radius 3 is 2.61 bits per heavy atom. The second-order valence-electron chi connectivity index (χ2n) is 7.39. The van der Waals surface area contributed by atoms with Gasteiger partial charge in [0, 0.05) is 38.3 Å². The maximum Gasteiger partial charge on any atom is 0.417 e. The van der Waals surface area contributed by atoms with Gasteiger partial charge in [-0.2, -0.15) is 13.2 Å². The predicted octanol–water partition coefficient (Wildman–Crippen LogP) is 2.81.